The fourth-order valence-corrected chi connectivity index (χ4v) is 2.80. The van der Waals surface area contributed by atoms with Crippen LogP contribution in [0.1, 0.15) is 24.3 Å². The van der Waals surface area contributed by atoms with E-state index in [0.717, 1.165) is 5.56 Å². The van der Waals surface area contributed by atoms with E-state index in [1.807, 2.05) is 30.3 Å². The van der Waals surface area contributed by atoms with E-state index >= 15 is 0 Å². The van der Waals surface area contributed by atoms with Crippen LogP contribution in [0.25, 0.3) is 0 Å². The van der Waals surface area contributed by atoms with Crippen molar-refractivity contribution in [1.29, 1.82) is 0 Å². The minimum absolute atomic E-state index is 0.0881. The van der Waals surface area contributed by atoms with Gasteiger partial charge in [-0.05, 0) is 17.7 Å². The Hall–Kier alpha value is -3.02. The number of hydrogen-bond acceptors (Lipinski definition) is 4. The molecule has 0 radical (unpaired) electrons. The van der Waals surface area contributed by atoms with Crippen LogP contribution >= 0.6 is 0 Å². The first-order chi connectivity index (χ1) is 12.1. The van der Waals surface area contributed by atoms with Gasteiger partial charge in [-0.25, -0.2) is 0 Å². The minimum Gasteiger partial charge on any atom is -0.486 e. The maximum absolute atomic E-state index is 12.4. The molecule has 2 N–H and O–H groups in total. The molecule has 0 saturated heterocycles. The van der Waals surface area contributed by atoms with Crippen LogP contribution in [0.15, 0.2) is 48.5 Å². The van der Waals surface area contributed by atoms with E-state index in [4.69, 9.17) is 14.6 Å². The fraction of sp³-hybridized carbons (Fsp3) is 0.263. The minimum atomic E-state index is -0.930. The van der Waals surface area contributed by atoms with Crippen molar-refractivity contribution in [2.45, 2.75) is 18.8 Å². The summed E-state index contributed by atoms with van der Waals surface area (Å²) >= 11 is 0. The maximum Gasteiger partial charge on any atom is 0.303 e. The number of amides is 1. The molecule has 25 heavy (non-hydrogen) atoms. The highest BCUT2D eigenvalue weighted by Crippen LogP contribution is 2.33. The number of carboxylic acid groups (broad SMARTS) is 1. The number of rotatable bonds is 6. The lowest BCUT2D eigenvalue weighted by Gasteiger charge is -2.19. The molecule has 0 aromatic heterocycles. The van der Waals surface area contributed by atoms with Gasteiger partial charge in [0.1, 0.15) is 13.2 Å². The van der Waals surface area contributed by atoms with Crippen LogP contribution in [0.5, 0.6) is 11.5 Å². The van der Waals surface area contributed by atoms with Gasteiger partial charge >= 0.3 is 5.97 Å². The van der Waals surface area contributed by atoms with E-state index in [9.17, 15) is 9.59 Å². The number of carbonyl (C=O) groups is 2. The van der Waals surface area contributed by atoms with E-state index in [1.54, 1.807) is 18.2 Å². The molecule has 1 heterocycles. The summed E-state index contributed by atoms with van der Waals surface area (Å²) < 4.78 is 10.9. The van der Waals surface area contributed by atoms with Gasteiger partial charge in [0.15, 0.2) is 11.5 Å². The molecular formula is C19H19NO5. The first-order valence-corrected chi connectivity index (χ1v) is 8.08. The highest BCUT2D eigenvalue weighted by atomic mass is 16.6. The topological polar surface area (TPSA) is 84.9 Å². The van der Waals surface area contributed by atoms with Crippen LogP contribution in [-0.4, -0.2) is 30.2 Å². The Kier molecular flexibility index (Phi) is 5.18. The van der Waals surface area contributed by atoms with Gasteiger partial charge in [-0.1, -0.05) is 30.3 Å². The van der Waals surface area contributed by atoms with Gasteiger partial charge in [0, 0.05) is 24.1 Å². The van der Waals surface area contributed by atoms with E-state index in [1.165, 1.54) is 0 Å². The molecule has 2 aromatic rings. The molecule has 2 aromatic carbocycles. The van der Waals surface area contributed by atoms with Crippen molar-refractivity contribution in [2.75, 3.05) is 18.5 Å². The molecule has 0 aliphatic carbocycles. The fourth-order valence-electron chi connectivity index (χ4n) is 2.80. The second-order valence-electron chi connectivity index (χ2n) is 5.82. The predicted octanol–water partition coefficient (Wildman–Crippen LogP) is 3.04. The Labute approximate surface area is 145 Å². The van der Waals surface area contributed by atoms with E-state index in [-0.39, 0.29) is 24.7 Å². The molecule has 1 unspecified atom stereocenters. The van der Waals surface area contributed by atoms with E-state index < -0.39 is 5.97 Å². The molecule has 6 heteroatoms. The maximum atomic E-state index is 12.4. The molecule has 0 saturated carbocycles. The van der Waals surface area contributed by atoms with E-state index in [2.05, 4.69) is 5.32 Å². The number of hydrogen-bond donors (Lipinski definition) is 2. The van der Waals surface area contributed by atoms with Crippen molar-refractivity contribution in [3.8, 4) is 11.5 Å². The first kappa shape index (κ1) is 16.8. The number of anilines is 1. The summed E-state index contributed by atoms with van der Waals surface area (Å²) in [5, 5.41) is 11.9. The van der Waals surface area contributed by atoms with Gasteiger partial charge in [-0.15, -0.1) is 0 Å². The zero-order valence-corrected chi connectivity index (χ0v) is 13.6. The van der Waals surface area contributed by atoms with Gasteiger partial charge < -0.3 is 19.9 Å². The van der Waals surface area contributed by atoms with Gasteiger partial charge in [0.05, 0.1) is 6.42 Å². The molecule has 0 fully saturated rings. The van der Waals surface area contributed by atoms with Crippen molar-refractivity contribution in [2.24, 2.45) is 0 Å². The smallest absolute Gasteiger partial charge is 0.303 e. The van der Waals surface area contributed by atoms with Crippen molar-refractivity contribution in [1.82, 2.24) is 0 Å². The number of fused-ring (bicyclic) bond motifs is 1. The van der Waals surface area contributed by atoms with Crippen LogP contribution in [-0.2, 0) is 9.59 Å². The van der Waals surface area contributed by atoms with Crippen molar-refractivity contribution in [3.05, 3.63) is 54.1 Å². The molecule has 0 bridgehead atoms. The third-order valence-corrected chi connectivity index (χ3v) is 3.95. The first-order valence-electron chi connectivity index (χ1n) is 8.08. The average Bonchev–Trinajstić information content (AvgIpc) is 2.61. The normalized spacial score (nSPS) is 13.8. The molecule has 0 spiro atoms. The van der Waals surface area contributed by atoms with Crippen LogP contribution < -0.4 is 14.8 Å². The van der Waals surface area contributed by atoms with Crippen LogP contribution in [0, 0.1) is 0 Å². The summed E-state index contributed by atoms with van der Waals surface area (Å²) in [6, 6.07) is 14.4. The van der Waals surface area contributed by atoms with Crippen LogP contribution in [0.3, 0.4) is 0 Å². The number of benzene rings is 2. The Morgan fingerprint density at radius 3 is 2.44 bits per heavy atom. The standard InChI is InChI=1S/C19H19NO5/c21-18(10-14(11-19(22)23)13-4-2-1-3-5-13)20-15-6-7-16-17(12-15)25-9-8-24-16/h1-7,12,14H,8-11H2,(H,20,21)(H,22,23). The van der Waals surface area contributed by atoms with Gasteiger partial charge in [0.2, 0.25) is 5.91 Å². The monoisotopic (exact) mass is 341 g/mol. The SMILES string of the molecule is O=C(O)CC(CC(=O)Nc1ccc2c(c1)OCCO2)c1ccccc1. The second kappa shape index (κ2) is 7.70. The van der Waals surface area contributed by atoms with E-state index in [0.29, 0.717) is 30.4 Å². The molecule has 1 aliphatic rings. The molecule has 1 aliphatic heterocycles. The molecular weight excluding hydrogens is 322 g/mol. The Balaban J connectivity index is 1.68. The predicted molar refractivity (Wildman–Crippen MR) is 92.1 cm³/mol. The van der Waals surface area contributed by atoms with Crippen LogP contribution in [0.4, 0.5) is 5.69 Å². The summed E-state index contributed by atoms with van der Waals surface area (Å²) in [7, 11) is 0. The lowest BCUT2D eigenvalue weighted by Crippen LogP contribution is -2.18. The summed E-state index contributed by atoms with van der Waals surface area (Å²) in [5.41, 5.74) is 1.43. The van der Waals surface area contributed by atoms with Crippen molar-refractivity contribution in [3.63, 3.8) is 0 Å². The third kappa shape index (κ3) is 4.50. The largest absolute Gasteiger partial charge is 0.486 e. The van der Waals surface area contributed by atoms with Crippen LogP contribution in [0.2, 0.25) is 0 Å². The number of ether oxygens (including phenoxy) is 2. The quantitative estimate of drug-likeness (QED) is 0.843. The lowest BCUT2D eigenvalue weighted by molar-refractivity contribution is -0.137. The summed E-state index contributed by atoms with van der Waals surface area (Å²) in [4.78, 5) is 23.5. The van der Waals surface area contributed by atoms with Crippen molar-refractivity contribution < 1.29 is 24.2 Å². The highest BCUT2D eigenvalue weighted by molar-refractivity contribution is 5.92. The molecule has 1 atom stereocenters. The van der Waals surface area contributed by atoms with Gasteiger partial charge in [-0.3, -0.25) is 9.59 Å². The molecule has 130 valence electrons. The molecule has 3 rings (SSSR count). The number of carbonyl (C=O) groups excluding carboxylic acids is 1. The van der Waals surface area contributed by atoms with Gasteiger partial charge in [0.25, 0.3) is 0 Å². The summed E-state index contributed by atoms with van der Waals surface area (Å²) in [6.45, 7) is 0.978. The Morgan fingerprint density at radius 2 is 1.72 bits per heavy atom. The van der Waals surface area contributed by atoms with Gasteiger partial charge in [-0.2, -0.15) is 0 Å². The lowest BCUT2D eigenvalue weighted by atomic mass is 9.92. The molecule has 1 amide bonds. The number of nitrogens with one attached hydrogen (secondary N) is 1. The second-order valence-corrected chi connectivity index (χ2v) is 5.82. The Morgan fingerprint density at radius 1 is 1.00 bits per heavy atom. The number of carboxylic acids is 1. The Bertz CT molecular complexity index is 760. The zero-order valence-electron chi connectivity index (χ0n) is 13.6. The zero-order chi connectivity index (χ0) is 17.6. The average molecular weight is 341 g/mol. The number of aliphatic carboxylic acids is 1. The summed E-state index contributed by atoms with van der Waals surface area (Å²) in [6.07, 6.45) is -0.0106. The highest BCUT2D eigenvalue weighted by Gasteiger charge is 2.20. The third-order valence-electron chi connectivity index (χ3n) is 3.95. The summed E-state index contributed by atoms with van der Waals surface area (Å²) in [5.74, 6) is -0.310. The van der Waals surface area contributed by atoms with Crippen molar-refractivity contribution >= 4 is 17.6 Å². The molecule has 6 nitrogen and oxygen atoms in total.